The maximum Gasteiger partial charge on any atom is 0.133 e. The van der Waals surface area contributed by atoms with E-state index in [9.17, 15) is 0 Å². The first kappa shape index (κ1) is 14.8. The molecule has 106 valence electrons. The Balaban J connectivity index is 2.18. The fraction of sp³-hybridized carbons (Fsp3) is 0.375. The molecule has 0 saturated carbocycles. The van der Waals surface area contributed by atoms with Gasteiger partial charge >= 0.3 is 0 Å². The second kappa shape index (κ2) is 6.23. The summed E-state index contributed by atoms with van der Waals surface area (Å²) in [6.45, 7) is 8.30. The van der Waals surface area contributed by atoms with E-state index in [4.69, 9.17) is 11.6 Å². The van der Waals surface area contributed by atoms with E-state index in [1.807, 2.05) is 37.3 Å². The second-order valence-electron chi connectivity index (χ2n) is 5.33. The van der Waals surface area contributed by atoms with Gasteiger partial charge in [-0.1, -0.05) is 37.6 Å². The molecule has 0 aliphatic carbocycles. The SMILES string of the molecule is Cc1cc(NC(C)c2ccc(Cl)cc2)nc(C(C)C)n1. The molecule has 4 heteroatoms. The maximum atomic E-state index is 5.91. The molecular weight excluding hydrogens is 270 g/mol. The Morgan fingerprint density at radius 2 is 1.70 bits per heavy atom. The van der Waals surface area contributed by atoms with Crippen molar-refractivity contribution in [1.82, 2.24) is 9.97 Å². The molecule has 0 bridgehead atoms. The van der Waals surface area contributed by atoms with Crippen LogP contribution in [0.4, 0.5) is 5.82 Å². The monoisotopic (exact) mass is 289 g/mol. The second-order valence-corrected chi connectivity index (χ2v) is 5.76. The van der Waals surface area contributed by atoms with E-state index in [1.165, 1.54) is 5.56 Å². The highest BCUT2D eigenvalue weighted by Gasteiger charge is 2.09. The van der Waals surface area contributed by atoms with E-state index in [1.54, 1.807) is 0 Å². The smallest absolute Gasteiger partial charge is 0.133 e. The van der Waals surface area contributed by atoms with Gasteiger partial charge in [-0.3, -0.25) is 0 Å². The van der Waals surface area contributed by atoms with E-state index in [0.717, 1.165) is 22.4 Å². The molecule has 1 N–H and O–H groups in total. The summed E-state index contributed by atoms with van der Waals surface area (Å²) >= 11 is 5.91. The number of halogens is 1. The molecule has 2 rings (SSSR count). The first-order valence-corrected chi connectivity index (χ1v) is 7.21. The predicted molar refractivity (Wildman–Crippen MR) is 84.3 cm³/mol. The van der Waals surface area contributed by atoms with Crippen LogP contribution in [0.15, 0.2) is 30.3 Å². The zero-order valence-corrected chi connectivity index (χ0v) is 13.1. The van der Waals surface area contributed by atoms with Crippen LogP contribution in [0.25, 0.3) is 0 Å². The third-order valence-electron chi connectivity index (χ3n) is 3.12. The number of anilines is 1. The minimum atomic E-state index is 0.168. The number of nitrogens with zero attached hydrogens (tertiary/aromatic N) is 2. The van der Waals surface area contributed by atoms with Gasteiger partial charge in [0, 0.05) is 28.7 Å². The van der Waals surface area contributed by atoms with Crippen molar-refractivity contribution in [3.05, 3.63) is 52.4 Å². The third kappa shape index (κ3) is 3.70. The van der Waals surface area contributed by atoms with Crippen molar-refractivity contribution in [1.29, 1.82) is 0 Å². The summed E-state index contributed by atoms with van der Waals surface area (Å²) in [5.41, 5.74) is 2.16. The average molecular weight is 290 g/mol. The highest BCUT2D eigenvalue weighted by molar-refractivity contribution is 6.30. The zero-order valence-electron chi connectivity index (χ0n) is 12.3. The molecule has 1 aromatic heterocycles. The van der Waals surface area contributed by atoms with E-state index in [0.29, 0.717) is 5.92 Å². The standard InChI is InChI=1S/C16H20ClN3/c1-10(2)16-18-11(3)9-15(20-16)19-12(4)13-5-7-14(17)8-6-13/h5-10,12H,1-4H3,(H,18,19,20). The summed E-state index contributed by atoms with van der Waals surface area (Å²) in [5.74, 6) is 2.06. The van der Waals surface area contributed by atoms with Gasteiger partial charge in [0.2, 0.25) is 0 Å². The summed E-state index contributed by atoms with van der Waals surface area (Å²) in [5, 5.41) is 4.17. The molecule has 2 aromatic rings. The van der Waals surface area contributed by atoms with Crippen molar-refractivity contribution in [3.8, 4) is 0 Å². The van der Waals surface area contributed by atoms with Crippen molar-refractivity contribution in [3.63, 3.8) is 0 Å². The number of aromatic nitrogens is 2. The Morgan fingerprint density at radius 1 is 1.05 bits per heavy atom. The van der Waals surface area contributed by atoms with Crippen molar-refractivity contribution < 1.29 is 0 Å². The molecule has 3 nitrogen and oxygen atoms in total. The van der Waals surface area contributed by atoms with Crippen LogP contribution in [0.3, 0.4) is 0 Å². The molecule has 0 aliphatic heterocycles. The molecule has 0 amide bonds. The van der Waals surface area contributed by atoms with E-state index < -0.39 is 0 Å². The Bertz CT molecular complexity index is 579. The normalized spacial score (nSPS) is 12.5. The van der Waals surface area contributed by atoms with Gasteiger partial charge in [-0.15, -0.1) is 0 Å². The lowest BCUT2D eigenvalue weighted by atomic mass is 10.1. The van der Waals surface area contributed by atoms with Gasteiger partial charge in [0.1, 0.15) is 11.6 Å². The fourth-order valence-electron chi connectivity index (χ4n) is 1.98. The minimum Gasteiger partial charge on any atom is -0.363 e. The molecule has 1 unspecified atom stereocenters. The van der Waals surface area contributed by atoms with Gasteiger partial charge in [0.25, 0.3) is 0 Å². The summed E-state index contributed by atoms with van der Waals surface area (Å²) in [6.07, 6.45) is 0. The molecule has 0 saturated heterocycles. The van der Waals surface area contributed by atoms with Crippen LogP contribution < -0.4 is 5.32 Å². The minimum absolute atomic E-state index is 0.168. The number of nitrogens with one attached hydrogen (secondary N) is 1. The first-order chi connectivity index (χ1) is 9.45. The van der Waals surface area contributed by atoms with E-state index in [-0.39, 0.29) is 6.04 Å². The van der Waals surface area contributed by atoms with Gasteiger partial charge in [-0.2, -0.15) is 0 Å². The molecule has 0 spiro atoms. The van der Waals surface area contributed by atoms with Crippen LogP contribution >= 0.6 is 11.6 Å². The van der Waals surface area contributed by atoms with Crippen LogP contribution in [-0.4, -0.2) is 9.97 Å². The van der Waals surface area contributed by atoms with E-state index >= 15 is 0 Å². The van der Waals surface area contributed by atoms with Crippen molar-refractivity contribution in [2.45, 2.75) is 39.7 Å². The van der Waals surface area contributed by atoms with Gasteiger partial charge < -0.3 is 5.32 Å². The number of rotatable bonds is 4. The van der Waals surface area contributed by atoms with Gasteiger partial charge in [0.05, 0.1) is 0 Å². The Morgan fingerprint density at radius 3 is 2.30 bits per heavy atom. The fourth-order valence-corrected chi connectivity index (χ4v) is 2.11. The predicted octanol–water partition coefficient (Wildman–Crippen LogP) is 4.73. The molecule has 0 fully saturated rings. The molecule has 1 aromatic carbocycles. The summed E-state index contributed by atoms with van der Waals surface area (Å²) < 4.78 is 0. The molecule has 1 atom stereocenters. The molecule has 0 radical (unpaired) electrons. The first-order valence-electron chi connectivity index (χ1n) is 6.83. The summed E-state index contributed by atoms with van der Waals surface area (Å²) in [4.78, 5) is 9.02. The zero-order chi connectivity index (χ0) is 14.7. The van der Waals surface area contributed by atoms with Crippen molar-refractivity contribution in [2.24, 2.45) is 0 Å². The lowest BCUT2D eigenvalue weighted by Gasteiger charge is -2.16. The largest absolute Gasteiger partial charge is 0.363 e. The van der Waals surface area contributed by atoms with Crippen molar-refractivity contribution in [2.75, 3.05) is 5.32 Å². The molecule has 20 heavy (non-hydrogen) atoms. The maximum absolute atomic E-state index is 5.91. The highest BCUT2D eigenvalue weighted by Crippen LogP contribution is 2.21. The van der Waals surface area contributed by atoms with Gasteiger partial charge in [-0.05, 0) is 31.5 Å². The Labute approximate surface area is 125 Å². The van der Waals surface area contributed by atoms with Crippen LogP contribution in [0.1, 0.15) is 49.8 Å². The molecular formula is C16H20ClN3. The van der Waals surface area contributed by atoms with Crippen molar-refractivity contribution >= 4 is 17.4 Å². The molecule has 1 heterocycles. The average Bonchev–Trinajstić information content (AvgIpc) is 2.38. The Hall–Kier alpha value is -1.61. The lowest BCUT2D eigenvalue weighted by Crippen LogP contribution is -2.10. The quantitative estimate of drug-likeness (QED) is 0.884. The topological polar surface area (TPSA) is 37.8 Å². The summed E-state index contributed by atoms with van der Waals surface area (Å²) in [7, 11) is 0. The van der Waals surface area contributed by atoms with Gasteiger partial charge in [0.15, 0.2) is 0 Å². The number of hydrogen-bond donors (Lipinski definition) is 1. The van der Waals surface area contributed by atoms with Crippen LogP contribution in [0.5, 0.6) is 0 Å². The number of hydrogen-bond acceptors (Lipinski definition) is 3. The number of benzene rings is 1. The van der Waals surface area contributed by atoms with E-state index in [2.05, 4.69) is 36.1 Å². The van der Waals surface area contributed by atoms with Crippen LogP contribution in [-0.2, 0) is 0 Å². The third-order valence-corrected chi connectivity index (χ3v) is 3.37. The van der Waals surface area contributed by atoms with Crippen LogP contribution in [0, 0.1) is 6.92 Å². The Kier molecular flexibility index (Phi) is 4.61. The summed E-state index contributed by atoms with van der Waals surface area (Å²) in [6, 6.07) is 9.99. The van der Waals surface area contributed by atoms with Crippen LogP contribution in [0.2, 0.25) is 5.02 Å². The van der Waals surface area contributed by atoms with Gasteiger partial charge in [-0.25, -0.2) is 9.97 Å². The lowest BCUT2D eigenvalue weighted by molar-refractivity contribution is 0.761. The number of aryl methyl sites for hydroxylation is 1. The molecule has 0 aliphatic rings. The highest BCUT2D eigenvalue weighted by atomic mass is 35.5.